The molecular weight excluding hydrogens is 480 g/mol. The summed E-state index contributed by atoms with van der Waals surface area (Å²) in [6.07, 6.45) is 6.46. The lowest BCUT2D eigenvalue weighted by molar-refractivity contribution is -0.152. The molecule has 0 N–H and O–H groups in total. The van der Waals surface area contributed by atoms with Crippen LogP contribution in [0.4, 0.5) is 0 Å². The highest BCUT2D eigenvalue weighted by atomic mass is 32.2. The van der Waals surface area contributed by atoms with E-state index in [-0.39, 0.29) is 30.3 Å². The minimum Gasteiger partial charge on any atom is -0.348 e. The number of hydrogen-bond donors (Lipinski definition) is 0. The molecule has 37 heavy (non-hydrogen) atoms. The van der Waals surface area contributed by atoms with Gasteiger partial charge in [-0.3, -0.25) is 14.6 Å². The van der Waals surface area contributed by atoms with Crippen molar-refractivity contribution >= 4 is 28.7 Å². The van der Waals surface area contributed by atoms with Crippen LogP contribution in [0.1, 0.15) is 60.9 Å². The van der Waals surface area contributed by atoms with Gasteiger partial charge in [-0.25, -0.2) is 0 Å². The van der Waals surface area contributed by atoms with E-state index in [4.69, 9.17) is 4.99 Å². The van der Waals surface area contributed by atoms with Crippen LogP contribution in [0.5, 0.6) is 0 Å². The van der Waals surface area contributed by atoms with Gasteiger partial charge < -0.3 is 14.7 Å². The summed E-state index contributed by atoms with van der Waals surface area (Å²) in [6.45, 7) is 3.97. The molecule has 3 fully saturated rings. The van der Waals surface area contributed by atoms with E-state index < -0.39 is 0 Å². The minimum atomic E-state index is 0.0498. The molecule has 4 aliphatic heterocycles. The Bertz CT molecular complexity index is 1160. The molecule has 2 aromatic carbocycles. The Morgan fingerprint density at radius 3 is 2.51 bits per heavy atom. The van der Waals surface area contributed by atoms with Crippen molar-refractivity contribution in [1.29, 1.82) is 0 Å². The molecule has 2 amide bonds. The normalized spacial score (nSPS) is 25.0. The van der Waals surface area contributed by atoms with Crippen molar-refractivity contribution in [3.05, 3.63) is 71.3 Å². The predicted octanol–water partition coefficient (Wildman–Crippen LogP) is 4.68. The summed E-state index contributed by atoms with van der Waals surface area (Å²) < 4.78 is 0. The van der Waals surface area contributed by atoms with Crippen molar-refractivity contribution in [3.63, 3.8) is 0 Å². The summed E-state index contributed by atoms with van der Waals surface area (Å²) in [5.74, 6) is 1.67. The molecule has 0 bridgehead atoms. The van der Waals surface area contributed by atoms with Gasteiger partial charge >= 0.3 is 0 Å². The van der Waals surface area contributed by atoms with Gasteiger partial charge in [0.15, 0.2) is 5.17 Å². The Kier molecular flexibility index (Phi) is 7.23. The topological polar surface area (TPSA) is 56.2 Å². The largest absolute Gasteiger partial charge is 0.348 e. The fraction of sp³-hybridized carbons (Fsp3) is 0.500. The highest BCUT2D eigenvalue weighted by Gasteiger charge is 2.40. The third kappa shape index (κ3) is 5.15. The summed E-state index contributed by atoms with van der Waals surface area (Å²) in [6, 6.07) is 19.4. The monoisotopic (exact) mass is 516 g/mol. The highest BCUT2D eigenvalue weighted by Crippen LogP contribution is 2.35. The summed E-state index contributed by atoms with van der Waals surface area (Å²) in [7, 11) is 0. The molecule has 2 atom stereocenters. The van der Waals surface area contributed by atoms with Gasteiger partial charge in [-0.1, -0.05) is 85.6 Å². The number of aliphatic imine (C=N–C) groups is 1. The molecule has 0 aromatic heterocycles. The maximum Gasteiger partial charge on any atom is 0.242 e. The first-order valence-electron chi connectivity index (χ1n) is 13.8. The average molecular weight is 517 g/mol. The van der Waals surface area contributed by atoms with E-state index in [1.165, 1.54) is 40.6 Å². The summed E-state index contributed by atoms with van der Waals surface area (Å²) >= 11 is 1.89. The van der Waals surface area contributed by atoms with E-state index >= 15 is 0 Å². The maximum atomic E-state index is 12.8. The predicted molar refractivity (Wildman–Crippen MR) is 148 cm³/mol. The van der Waals surface area contributed by atoms with Gasteiger partial charge in [-0.2, -0.15) is 0 Å². The molecule has 1 aliphatic carbocycles. The number of fused-ring (bicyclic) bond motifs is 4. The molecule has 1 unspecified atom stereocenters. The van der Waals surface area contributed by atoms with Crippen molar-refractivity contribution in [3.8, 4) is 0 Å². The van der Waals surface area contributed by atoms with Gasteiger partial charge in [0.25, 0.3) is 0 Å². The van der Waals surface area contributed by atoms with Crippen molar-refractivity contribution in [2.45, 2.75) is 50.6 Å². The first-order valence-corrected chi connectivity index (χ1v) is 14.8. The summed E-state index contributed by atoms with van der Waals surface area (Å²) in [4.78, 5) is 36.3. The van der Waals surface area contributed by atoms with Crippen molar-refractivity contribution in [2.75, 3.05) is 38.5 Å². The number of thioether (sulfide) groups is 1. The van der Waals surface area contributed by atoms with Crippen LogP contribution in [0.2, 0.25) is 0 Å². The second kappa shape index (κ2) is 10.9. The Hall–Kier alpha value is -2.80. The number of rotatable bonds is 2. The number of nitrogens with zero attached hydrogens (tertiary/aromatic N) is 4. The Balaban J connectivity index is 0.000000153. The summed E-state index contributed by atoms with van der Waals surface area (Å²) in [5.41, 5.74) is 3.90. The lowest BCUT2D eigenvalue weighted by Gasteiger charge is -2.45. The van der Waals surface area contributed by atoms with Crippen LogP contribution in [0.15, 0.2) is 59.6 Å². The molecule has 4 heterocycles. The fourth-order valence-electron chi connectivity index (χ4n) is 6.41. The number of amides is 2. The second-order valence-electron chi connectivity index (χ2n) is 10.7. The molecule has 7 heteroatoms. The van der Waals surface area contributed by atoms with Crippen LogP contribution in [0.25, 0.3) is 0 Å². The van der Waals surface area contributed by atoms with E-state index in [2.05, 4.69) is 53.4 Å². The SMILES string of the molecule is O=C(C1CCCCC1)N1CC(=O)N2CCc3ccccc3C2C1.c1ccc([C@H]2CN3CCSC3=N2)cc1. The molecule has 194 valence electrons. The van der Waals surface area contributed by atoms with Crippen LogP contribution in [-0.4, -0.2) is 70.2 Å². The van der Waals surface area contributed by atoms with Crippen LogP contribution in [0.3, 0.4) is 0 Å². The third-order valence-corrected chi connectivity index (χ3v) is 9.43. The Morgan fingerprint density at radius 2 is 1.70 bits per heavy atom. The van der Waals surface area contributed by atoms with Gasteiger partial charge in [-0.05, 0) is 36.0 Å². The quantitative estimate of drug-likeness (QED) is 0.582. The highest BCUT2D eigenvalue weighted by molar-refractivity contribution is 8.14. The maximum absolute atomic E-state index is 12.8. The number of benzene rings is 2. The van der Waals surface area contributed by atoms with E-state index in [0.717, 1.165) is 45.2 Å². The van der Waals surface area contributed by atoms with Gasteiger partial charge in [-0.15, -0.1) is 0 Å². The molecule has 6 nitrogen and oxygen atoms in total. The van der Waals surface area contributed by atoms with E-state index in [1.807, 2.05) is 27.6 Å². The van der Waals surface area contributed by atoms with Crippen LogP contribution >= 0.6 is 11.8 Å². The van der Waals surface area contributed by atoms with E-state index in [9.17, 15) is 9.59 Å². The number of carbonyl (C=O) groups is 2. The van der Waals surface area contributed by atoms with E-state index in [1.54, 1.807) is 0 Å². The van der Waals surface area contributed by atoms with Gasteiger partial charge in [0.05, 0.1) is 18.6 Å². The zero-order valence-electron chi connectivity index (χ0n) is 21.4. The first-order chi connectivity index (χ1) is 18.2. The number of amidine groups is 1. The molecular formula is C30H36N4O2S. The molecule has 1 saturated carbocycles. The fourth-order valence-corrected chi connectivity index (χ4v) is 7.45. The Morgan fingerprint density at radius 1 is 0.919 bits per heavy atom. The zero-order chi connectivity index (χ0) is 25.2. The molecule has 2 aromatic rings. The average Bonchev–Trinajstić information content (AvgIpc) is 3.57. The smallest absolute Gasteiger partial charge is 0.242 e. The number of carbonyl (C=O) groups excluding carboxylic acids is 2. The van der Waals surface area contributed by atoms with Crippen molar-refractivity contribution < 1.29 is 9.59 Å². The number of hydrogen-bond acceptors (Lipinski definition) is 5. The van der Waals surface area contributed by atoms with Gasteiger partial charge in [0, 0.05) is 37.8 Å². The van der Waals surface area contributed by atoms with Gasteiger partial charge in [0.2, 0.25) is 11.8 Å². The lowest BCUT2D eigenvalue weighted by Crippen LogP contribution is -2.56. The van der Waals surface area contributed by atoms with Crippen molar-refractivity contribution in [2.24, 2.45) is 10.9 Å². The Labute approximate surface area is 224 Å². The molecule has 0 spiro atoms. The molecule has 7 rings (SSSR count). The molecule has 2 saturated heterocycles. The van der Waals surface area contributed by atoms with E-state index in [0.29, 0.717) is 12.6 Å². The minimum absolute atomic E-state index is 0.0498. The van der Waals surface area contributed by atoms with Crippen LogP contribution in [0, 0.1) is 5.92 Å². The third-order valence-electron chi connectivity index (χ3n) is 8.43. The van der Waals surface area contributed by atoms with Crippen LogP contribution in [-0.2, 0) is 16.0 Å². The molecule has 0 radical (unpaired) electrons. The number of piperazine rings is 1. The van der Waals surface area contributed by atoms with Gasteiger partial charge in [0.1, 0.15) is 0 Å². The molecule has 5 aliphatic rings. The standard InChI is InChI=1S/C19H24N2O2.C11H12N2S/c22-18-13-20(19(23)15-7-2-1-3-8-15)12-17-16-9-5-4-6-14(16)10-11-21(17)18;1-2-4-9(5-3-1)10-8-13-6-7-14-11(13)12-10/h4-6,9,15,17H,1-3,7-8,10-13H2;1-5,10H,6-8H2/t;10-/m.1/s1. The second-order valence-corrected chi connectivity index (χ2v) is 11.8. The van der Waals surface area contributed by atoms with Crippen LogP contribution < -0.4 is 0 Å². The van der Waals surface area contributed by atoms with Crippen molar-refractivity contribution in [1.82, 2.24) is 14.7 Å². The summed E-state index contributed by atoms with van der Waals surface area (Å²) in [5, 5.41) is 1.25. The first kappa shape index (κ1) is 24.5. The lowest BCUT2D eigenvalue weighted by atomic mass is 9.87. The zero-order valence-corrected chi connectivity index (χ0v) is 22.2.